The molecule has 9 heteroatoms. The molecule has 0 unspecified atom stereocenters. The summed E-state index contributed by atoms with van der Waals surface area (Å²) in [5, 5.41) is 17.7. The summed E-state index contributed by atoms with van der Waals surface area (Å²) in [7, 11) is 0. The topological polar surface area (TPSA) is 118 Å². The number of nitriles is 1. The Labute approximate surface area is 200 Å². The molecule has 9 nitrogen and oxygen atoms in total. The first kappa shape index (κ1) is 24.9. The second kappa shape index (κ2) is 10.4. The Balaban J connectivity index is 2.26. The van der Waals surface area contributed by atoms with Gasteiger partial charge in [0.25, 0.3) is 0 Å². The van der Waals surface area contributed by atoms with E-state index < -0.39 is 11.7 Å². The minimum atomic E-state index is -0.716. The molecule has 0 bridgehead atoms. The number of fused-ring (bicyclic) bond motifs is 1. The Morgan fingerprint density at radius 1 is 1.26 bits per heavy atom. The molecule has 3 N–H and O–H groups in total. The predicted octanol–water partition coefficient (Wildman–Crippen LogP) is 4.75. The van der Waals surface area contributed by atoms with Gasteiger partial charge in [0.15, 0.2) is 0 Å². The van der Waals surface area contributed by atoms with E-state index in [4.69, 9.17) is 15.2 Å². The molecular formula is C25H32N6O3. The van der Waals surface area contributed by atoms with Crippen molar-refractivity contribution >= 4 is 28.8 Å². The van der Waals surface area contributed by atoms with Crippen molar-refractivity contribution in [3.8, 4) is 11.8 Å². The third kappa shape index (κ3) is 5.24. The van der Waals surface area contributed by atoms with E-state index in [9.17, 15) is 10.1 Å². The number of hydrogen-bond acceptors (Lipinski definition) is 7. The van der Waals surface area contributed by atoms with Gasteiger partial charge >= 0.3 is 6.09 Å². The fraction of sp³-hybridized carbons (Fsp3) is 0.400. The van der Waals surface area contributed by atoms with Gasteiger partial charge in [-0.2, -0.15) is 10.4 Å². The zero-order valence-corrected chi connectivity index (χ0v) is 20.4. The first-order valence-electron chi connectivity index (χ1n) is 11.3. The lowest BCUT2D eigenvalue weighted by Gasteiger charge is -2.30. The average Bonchev–Trinajstić information content (AvgIpc) is 3.25. The lowest BCUT2D eigenvalue weighted by atomic mass is 10.1. The molecule has 0 radical (unpaired) electrons. The number of anilines is 3. The lowest BCUT2D eigenvalue weighted by molar-refractivity contribution is 0.0597. The normalized spacial score (nSPS) is 11.2. The van der Waals surface area contributed by atoms with E-state index >= 15 is 0 Å². The maximum atomic E-state index is 13.5. The van der Waals surface area contributed by atoms with E-state index in [0.29, 0.717) is 59.3 Å². The maximum Gasteiger partial charge on any atom is 0.420 e. The van der Waals surface area contributed by atoms with Crippen molar-refractivity contribution in [3.05, 3.63) is 47.7 Å². The number of aromatic nitrogens is 2. The van der Waals surface area contributed by atoms with Crippen LogP contribution >= 0.6 is 0 Å². The molecule has 34 heavy (non-hydrogen) atoms. The highest BCUT2D eigenvalue weighted by atomic mass is 16.6. The molecular weight excluding hydrogens is 432 g/mol. The minimum Gasteiger partial charge on any atom is -0.494 e. The number of benzene rings is 1. The number of ether oxygens (including phenoxy) is 2. The summed E-state index contributed by atoms with van der Waals surface area (Å²) >= 11 is 0. The first-order valence-corrected chi connectivity index (χ1v) is 11.3. The minimum absolute atomic E-state index is 0.451. The number of hydrogen-bond donors (Lipinski definition) is 2. The van der Waals surface area contributed by atoms with Crippen LogP contribution in [0, 0.1) is 18.3 Å². The average molecular weight is 465 g/mol. The number of nitrogens with one attached hydrogen (secondary N) is 1. The standard InChI is InChI=1S/C25H32N6O3/c1-6-33-19-10-8-18(9-11-19)30(24(32)34-25(3,4)5)23-17(2)22(28-14-7-13-26)20(16-27)21-12-15-29-31(21)23/h8-12,15,28H,6-7,13-14,26H2,1-5H3. The highest BCUT2D eigenvalue weighted by Gasteiger charge is 2.30. The molecule has 0 atom stereocenters. The van der Waals surface area contributed by atoms with Gasteiger partial charge in [-0.25, -0.2) is 14.2 Å². The Morgan fingerprint density at radius 3 is 2.56 bits per heavy atom. The molecule has 3 aromatic rings. The van der Waals surface area contributed by atoms with Gasteiger partial charge in [0.05, 0.1) is 29.7 Å². The van der Waals surface area contributed by atoms with Crippen LogP contribution in [-0.2, 0) is 4.74 Å². The second-order valence-electron chi connectivity index (χ2n) is 8.75. The van der Waals surface area contributed by atoms with Gasteiger partial charge in [-0.15, -0.1) is 0 Å². The van der Waals surface area contributed by atoms with Gasteiger partial charge in [-0.1, -0.05) is 0 Å². The van der Waals surface area contributed by atoms with Crippen LogP contribution in [0.2, 0.25) is 0 Å². The Morgan fingerprint density at radius 2 is 1.97 bits per heavy atom. The monoisotopic (exact) mass is 464 g/mol. The summed E-state index contributed by atoms with van der Waals surface area (Å²) in [5.74, 6) is 1.17. The zero-order valence-electron chi connectivity index (χ0n) is 20.4. The molecule has 0 spiro atoms. The fourth-order valence-corrected chi connectivity index (χ4v) is 3.64. The number of carbonyl (C=O) groups is 1. The first-order chi connectivity index (χ1) is 16.2. The van der Waals surface area contributed by atoms with Crippen LogP contribution in [-0.4, -0.2) is 41.0 Å². The van der Waals surface area contributed by atoms with Gasteiger partial charge in [0.1, 0.15) is 28.8 Å². The van der Waals surface area contributed by atoms with Gasteiger partial charge in [-0.3, -0.25) is 0 Å². The van der Waals surface area contributed by atoms with Crippen molar-refractivity contribution in [2.75, 3.05) is 29.9 Å². The van der Waals surface area contributed by atoms with Crippen LogP contribution in [0.1, 0.15) is 45.2 Å². The molecule has 3 rings (SSSR count). The number of pyridine rings is 1. The third-order valence-corrected chi connectivity index (χ3v) is 5.05. The van der Waals surface area contributed by atoms with Crippen molar-refractivity contribution in [1.29, 1.82) is 5.26 Å². The Hall–Kier alpha value is -3.77. The molecule has 0 aliphatic rings. The van der Waals surface area contributed by atoms with Gasteiger partial charge in [0, 0.05) is 12.1 Å². The lowest BCUT2D eigenvalue weighted by Crippen LogP contribution is -2.35. The van der Waals surface area contributed by atoms with Crippen molar-refractivity contribution in [2.45, 2.75) is 46.6 Å². The molecule has 2 aromatic heterocycles. The van der Waals surface area contributed by atoms with E-state index in [1.807, 2.05) is 34.6 Å². The van der Waals surface area contributed by atoms with Gasteiger partial charge in [-0.05, 0) is 77.9 Å². The summed E-state index contributed by atoms with van der Waals surface area (Å²) in [6.07, 6.45) is 1.78. The largest absolute Gasteiger partial charge is 0.494 e. The molecule has 0 saturated heterocycles. The van der Waals surface area contributed by atoms with Crippen LogP contribution in [0.15, 0.2) is 36.5 Å². The fourth-order valence-electron chi connectivity index (χ4n) is 3.64. The molecule has 0 aliphatic heterocycles. The SMILES string of the molecule is CCOc1ccc(N(C(=O)OC(C)(C)C)c2c(C)c(NCCCN)c(C#N)c3ccnn23)cc1. The van der Waals surface area contributed by atoms with Crippen LogP contribution in [0.25, 0.3) is 5.52 Å². The number of carbonyl (C=O) groups excluding carboxylic acids is 1. The molecule has 0 fully saturated rings. The summed E-state index contributed by atoms with van der Waals surface area (Å²) in [4.78, 5) is 15.0. The van der Waals surface area contributed by atoms with Crippen LogP contribution < -0.4 is 20.7 Å². The van der Waals surface area contributed by atoms with E-state index in [0.717, 1.165) is 6.42 Å². The van der Waals surface area contributed by atoms with Gasteiger partial charge < -0.3 is 20.5 Å². The molecule has 0 aliphatic carbocycles. The van der Waals surface area contributed by atoms with E-state index in [2.05, 4.69) is 16.5 Å². The second-order valence-corrected chi connectivity index (χ2v) is 8.75. The summed E-state index contributed by atoms with van der Waals surface area (Å²) < 4.78 is 12.9. The Bertz CT molecular complexity index is 1190. The van der Waals surface area contributed by atoms with Crippen LogP contribution in [0.5, 0.6) is 5.75 Å². The van der Waals surface area contributed by atoms with Crippen molar-refractivity contribution in [2.24, 2.45) is 5.73 Å². The van der Waals surface area contributed by atoms with E-state index in [1.54, 1.807) is 41.0 Å². The molecule has 1 aromatic carbocycles. The van der Waals surface area contributed by atoms with Crippen molar-refractivity contribution in [3.63, 3.8) is 0 Å². The molecule has 1 amide bonds. The summed E-state index contributed by atoms with van der Waals surface area (Å²) in [5.41, 5.74) is 7.88. The van der Waals surface area contributed by atoms with Gasteiger partial charge in [0.2, 0.25) is 0 Å². The molecule has 180 valence electrons. The highest BCUT2D eigenvalue weighted by Crippen LogP contribution is 2.38. The zero-order chi connectivity index (χ0) is 24.9. The maximum absolute atomic E-state index is 13.5. The smallest absolute Gasteiger partial charge is 0.420 e. The van der Waals surface area contributed by atoms with Crippen LogP contribution in [0.3, 0.4) is 0 Å². The van der Waals surface area contributed by atoms with Crippen LogP contribution in [0.4, 0.5) is 22.0 Å². The number of amides is 1. The highest BCUT2D eigenvalue weighted by molar-refractivity contribution is 5.98. The summed E-state index contributed by atoms with van der Waals surface area (Å²) in [6, 6.07) is 11.2. The number of nitrogens with zero attached hydrogens (tertiary/aromatic N) is 4. The predicted molar refractivity (Wildman–Crippen MR) is 133 cm³/mol. The molecule has 0 saturated carbocycles. The quantitative estimate of drug-likeness (QED) is 0.462. The third-order valence-electron chi connectivity index (χ3n) is 5.05. The Kier molecular flexibility index (Phi) is 7.64. The van der Waals surface area contributed by atoms with Crippen molar-refractivity contribution < 1.29 is 14.3 Å². The number of rotatable bonds is 8. The van der Waals surface area contributed by atoms with E-state index in [1.165, 1.54) is 4.90 Å². The summed E-state index contributed by atoms with van der Waals surface area (Å²) in [6.45, 7) is 10.9. The van der Waals surface area contributed by atoms with Crippen molar-refractivity contribution in [1.82, 2.24) is 9.61 Å². The molecule has 2 heterocycles. The van der Waals surface area contributed by atoms with E-state index in [-0.39, 0.29) is 0 Å². The number of nitrogens with two attached hydrogens (primary N) is 1.